The Labute approximate surface area is 175 Å². The SMILES string of the molecule is CCOc1ccc(NC(=O)C2=C(C)NC(=O)N[C@@H]2c2cc(OC)ccc2OC)cc1. The number of allylic oxidation sites excluding steroid dienone is 1. The largest absolute Gasteiger partial charge is 0.497 e. The highest BCUT2D eigenvalue weighted by Crippen LogP contribution is 2.36. The van der Waals surface area contributed by atoms with Gasteiger partial charge in [-0.2, -0.15) is 0 Å². The van der Waals surface area contributed by atoms with E-state index in [2.05, 4.69) is 16.0 Å². The minimum absolute atomic E-state index is 0.348. The van der Waals surface area contributed by atoms with Crippen molar-refractivity contribution in [2.24, 2.45) is 0 Å². The number of amides is 3. The number of urea groups is 1. The van der Waals surface area contributed by atoms with E-state index in [9.17, 15) is 9.59 Å². The second-order valence-corrected chi connectivity index (χ2v) is 6.59. The molecule has 1 aliphatic rings. The molecule has 0 aliphatic carbocycles. The molecule has 2 aromatic carbocycles. The van der Waals surface area contributed by atoms with Gasteiger partial charge in [0.25, 0.3) is 5.91 Å². The molecule has 0 unspecified atom stereocenters. The number of hydrogen-bond donors (Lipinski definition) is 3. The minimum Gasteiger partial charge on any atom is -0.497 e. The maximum Gasteiger partial charge on any atom is 0.319 e. The first-order valence-corrected chi connectivity index (χ1v) is 9.51. The Morgan fingerprint density at radius 1 is 1.07 bits per heavy atom. The van der Waals surface area contributed by atoms with Crippen LogP contribution in [0.25, 0.3) is 0 Å². The highest BCUT2D eigenvalue weighted by atomic mass is 16.5. The molecular formula is C22H25N3O5. The zero-order valence-corrected chi connectivity index (χ0v) is 17.4. The van der Waals surface area contributed by atoms with Gasteiger partial charge in [0.1, 0.15) is 17.2 Å². The fraction of sp³-hybridized carbons (Fsp3) is 0.273. The lowest BCUT2D eigenvalue weighted by Crippen LogP contribution is -2.46. The molecule has 3 rings (SSSR count). The van der Waals surface area contributed by atoms with Gasteiger partial charge >= 0.3 is 6.03 Å². The summed E-state index contributed by atoms with van der Waals surface area (Å²) in [4.78, 5) is 25.3. The Kier molecular flexibility index (Phi) is 6.46. The average molecular weight is 411 g/mol. The number of anilines is 1. The Hall–Kier alpha value is -3.68. The summed E-state index contributed by atoms with van der Waals surface area (Å²) < 4.78 is 16.2. The first-order chi connectivity index (χ1) is 14.5. The van der Waals surface area contributed by atoms with Gasteiger partial charge in [-0.05, 0) is 56.3 Å². The van der Waals surface area contributed by atoms with Gasteiger partial charge in [0.05, 0.1) is 32.4 Å². The Bertz CT molecular complexity index is 969. The zero-order chi connectivity index (χ0) is 21.7. The second kappa shape index (κ2) is 9.21. The van der Waals surface area contributed by atoms with Crippen molar-refractivity contribution in [1.29, 1.82) is 0 Å². The normalized spacial score (nSPS) is 15.7. The third kappa shape index (κ3) is 4.48. The van der Waals surface area contributed by atoms with Gasteiger partial charge in [0.15, 0.2) is 0 Å². The number of hydrogen-bond acceptors (Lipinski definition) is 5. The summed E-state index contributed by atoms with van der Waals surface area (Å²) in [5.41, 5.74) is 2.05. The van der Waals surface area contributed by atoms with E-state index in [1.807, 2.05) is 6.92 Å². The number of rotatable bonds is 7. The lowest BCUT2D eigenvalue weighted by molar-refractivity contribution is -0.113. The molecule has 1 aliphatic heterocycles. The van der Waals surface area contributed by atoms with Crippen LogP contribution in [-0.4, -0.2) is 32.8 Å². The molecule has 0 saturated carbocycles. The lowest BCUT2D eigenvalue weighted by Gasteiger charge is -2.29. The van der Waals surface area contributed by atoms with E-state index >= 15 is 0 Å². The van der Waals surface area contributed by atoms with Crippen LogP contribution in [0.5, 0.6) is 17.2 Å². The maximum atomic E-state index is 13.2. The predicted molar refractivity (Wildman–Crippen MR) is 113 cm³/mol. The van der Waals surface area contributed by atoms with Gasteiger partial charge in [-0.15, -0.1) is 0 Å². The van der Waals surface area contributed by atoms with E-state index in [1.165, 1.54) is 7.11 Å². The van der Waals surface area contributed by atoms with Crippen LogP contribution in [0, 0.1) is 0 Å². The molecule has 0 aromatic heterocycles. The van der Waals surface area contributed by atoms with E-state index in [1.54, 1.807) is 56.5 Å². The van der Waals surface area contributed by atoms with E-state index in [0.29, 0.717) is 40.6 Å². The van der Waals surface area contributed by atoms with Crippen molar-refractivity contribution in [3.05, 3.63) is 59.3 Å². The highest BCUT2D eigenvalue weighted by molar-refractivity contribution is 6.06. The van der Waals surface area contributed by atoms with Crippen LogP contribution in [-0.2, 0) is 4.79 Å². The number of carbonyl (C=O) groups is 2. The molecular weight excluding hydrogens is 386 g/mol. The number of ether oxygens (including phenoxy) is 3. The molecule has 158 valence electrons. The van der Waals surface area contributed by atoms with Gasteiger partial charge in [0, 0.05) is 16.9 Å². The van der Waals surface area contributed by atoms with Gasteiger partial charge in [0.2, 0.25) is 0 Å². The molecule has 0 bridgehead atoms. The first-order valence-electron chi connectivity index (χ1n) is 9.51. The number of carbonyl (C=O) groups excluding carboxylic acids is 2. The van der Waals surface area contributed by atoms with Crippen LogP contribution in [0.3, 0.4) is 0 Å². The predicted octanol–water partition coefficient (Wildman–Crippen LogP) is 3.37. The third-order valence-corrected chi connectivity index (χ3v) is 4.68. The molecule has 3 N–H and O–H groups in total. The van der Waals surface area contributed by atoms with Crippen LogP contribution >= 0.6 is 0 Å². The fourth-order valence-corrected chi connectivity index (χ4v) is 3.29. The Morgan fingerprint density at radius 2 is 1.77 bits per heavy atom. The number of nitrogens with one attached hydrogen (secondary N) is 3. The van der Waals surface area contributed by atoms with Crippen molar-refractivity contribution < 1.29 is 23.8 Å². The van der Waals surface area contributed by atoms with E-state index in [4.69, 9.17) is 14.2 Å². The number of methoxy groups -OCH3 is 2. The van der Waals surface area contributed by atoms with Crippen molar-refractivity contribution in [2.75, 3.05) is 26.1 Å². The molecule has 1 atom stereocenters. The Morgan fingerprint density at radius 3 is 2.40 bits per heavy atom. The molecule has 3 amide bonds. The standard InChI is InChI=1S/C22H25N3O5/c1-5-30-15-8-6-14(7-9-15)24-21(26)19-13(2)23-22(27)25-20(19)17-12-16(28-3)10-11-18(17)29-4/h6-12,20H,5H2,1-4H3,(H,24,26)(H2,23,25,27)/t20-/m1/s1. The second-order valence-electron chi connectivity index (χ2n) is 6.59. The summed E-state index contributed by atoms with van der Waals surface area (Å²) in [5, 5.41) is 8.35. The van der Waals surface area contributed by atoms with Gasteiger partial charge in [-0.1, -0.05) is 0 Å². The van der Waals surface area contributed by atoms with Crippen LogP contribution in [0.15, 0.2) is 53.7 Å². The maximum absolute atomic E-state index is 13.2. The molecule has 0 spiro atoms. The van der Waals surface area contributed by atoms with Crippen LogP contribution in [0.4, 0.5) is 10.5 Å². The monoisotopic (exact) mass is 411 g/mol. The van der Waals surface area contributed by atoms with E-state index < -0.39 is 12.1 Å². The van der Waals surface area contributed by atoms with Gasteiger partial charge in [-0.25, -0.2) is 4.79 Å². The highest BCUT2D eigenvalue weighted by Gasteiger charge is 2.33. The summed E-state index contributed by atoms with van der Waals surface area (Å²) in [7, 11) is 3.08. The molecule has 1 heterocycles. The lowest BCUT2D eigenvalue weighted by atomic mass is 9.93. The van der Waals surface area contributed by atoms with Crippen molar-refractivity contribution in [3.8, 4) is 17.2 Å². The summed E-state index contributed by atoms with van der Waals surface area (Å²) in [6, 6.07) is 11.2. The quantitative estimate of drug-likeness (QED) is 0.649. The molecule has 0 radical (unpaired) electrons. The topological polar surface area (TPSA) is 97.9 Å². The molecule has 8 nitrogen and oxygen atoms in total. The third-order valence-electron chi connectivity index (χ3n) is 4.68. The van der Waals surface area contributed by atoms with Crippen LogP contribution in [0.1, 0.15) is 25.5 Å². The van der Waals surface area contributed by atoms with Gasteiger partial charge in [-0.3, -0.25) is 4.79 Å². The average Bonchev–Trinajstić information content (AvgIpc) is 2.74. The Balaban J connectivity index is 1.95. The first kappa shape index (κ1) is 21.0. The van der Waals surface area contributed by atoms with Crippen molar-refractivity contribution >= 4 is 17.6 Å². The summed E-state index contributed by atoms with van der Waals surface area (Å²) >= 11 is 0. The van der Waals surface area contributed by atoms with E-state index in [-0.39, 0.29) is 5.91 Å². The van der Waals surface area contributed by atoms with Crippen LogP contribution in [0.2, 0.25) is 0 Å². The summed E-state index contributed by atoms with van der Waals surface area (Å²) in [5.74, 6) is 1.49. The minimum atomic E-state index is -0.716. The van der Waals surface area contributed by atoms with Crippen molar-refractivity contribution in [2.45, 2.75) is 19.9 Å². The summed E-state index contributed by atoms with van der Waals surface area (Å²) in [6.07, 6.45) is 0. The molecule has 8 heteroatoms. The van der Waals surface area contributed by atoms with Crippen LogP contribution < -0.4 is 30.2 Å². The molecule has 30 heavy (non-hydrogen) atoms. The van der Waals surface area contributed by atoms with E-state index in [0.717, 1.165) is 5.75 Å². The van der Waals surface area contributed by atoms with Crippen molar-refractivity contribution in [3.63, 3.8) is 0 Å². The molecule has 2 aromatic rings. The van der Waals surface area contributed by atoms with Gasteiger partial charge < -0.3 is 30.2 Å². The molecule has 0 fully saturated rings. The number of benzene rings is 2. The zero-order valence-electron chi connectivity index (χ0n) is 17.4. The summed E-state index contributed by atoms with van der Waals surface area (Å²) in [6.45, 7) is 4.15. The smallest absolute Gasteiger partial charge is 0.319 e. The van der Waals surface area contributed by atoms with Crippen molar-refractivity contribution in [1.82, 2.24) is 10.6 Å². The fourth-order valence-electron chi connectivity index (χ4n) is 3.29. The molecule has 0 saturated heterocycles.